The van der Waals surface area contributed by atoms with Gasteiger partial charge in [0.25, 0.3) is 5.91 Å². The highest BCUT2D eigenvalue weighted by Crippen LogP contribution is 2.22. The van der Waals surface area contributed by atoms with Crippen LogP contribution in [0.4, 0.5) is 10.1 Å². The van der Waals surface area contributed by atoms with Crippen LogP contribution in [-0.4, -0.2) is 18.0 Å². The van der Waals surface area contributed by atoms with Crippen molar-refractivity contribution in [3.8, 4) is 5.75 Å². The second-order valence-electron chi connectivity index (χ2n) is 4.55. The third kappa shape index (κ3) is 2.45. The molecule has 0 atom stereocenters. The molecule has 1 heterocycles. The fraction of sp³-hybridized carbons (Fsp3) is 0.0625. The first-order chi connectivity index (χ1) is 10.2. The summed E-state index contributed by atoms with van der Waals surface area (Å²) in [5.74, 6) is -0.680. The molecule has 0 fully saturated rings. The van der Waals surface area contributed by atoms with Crippen LogP contribution in [0.5, 0.6) is 5.75 Å². The number of carbonyl (C=O) groups excluding carboxylic acids is 1. The minimum Gasteiger partial charge on any atom is -0.494 e. The minimum atomic E-state index is -0.520. The maximum absolute atomic E-state index is 13.6. The molecule has 0 aliphatic heterocycles. The van der Waals surface area contributed by atoms with E-state index in [1.165, 1.54) is 19.2 Å². The van der Waals surface area contributed by atoms with Crippen molar-refractivity contribution in [2.75, 3.05) is 12.4 Å². The van der Waals surface area contributed by atoms with Gasteiger partial charge >= 0.3 is 0 Å². The average Bonchev–Trinajstić information content (AvgIpc) is 2.95. The number of amides is 1. The molecule has 3 rings (SSSR count). The third-order valence-corrected chi connectivity index (χ3v) is 3.24. The van der Waals surface area contributed by atoms with Gasteiger partial charge in [-0.15, -0.1) is 0 Å². The molecule has 0 bridgehead atoms. The number of rotatable bonds is 3. The summed E-state index contributed by atoms with van der Waals surface area (Å²) >= 11 is 0. The molecule has 1 aromatic heterocycles. The predicted molar refractivity (Wildman–Crippen MR) is 79.2 cm³/mol. The number of ether oxygens (including phenoxy) is 1. The molecule has 1 amide bonds. The second kappa shape index (κ2) is 5.28. The Labute approximate surface area is 120 Å². The molecule has 106 valence electrons. The Bertz CT molecular complexity index is 811. The van der Waals surface area contributed by atoms with Gasteiger partial charge in [-0.2, -0.15) is 0 Å². The number of hydrogen-bond acceptors (Lipinski definition) is 2. The Balaban J connectivity index is 1.89. The van der Waals surface area contributed by atoms with Gasteiger partial charge in [0.15, 0.2) is 11.6 Å². The Hall–Kier alpha value is -2.82. The Morgan fingerprint density at radius 1 is 1.24 bits per heavy atom. The smallest absolute Gasteiger partial charge is 0.257 e. The lowest BCUT2D eigenvalue weighted by Crippen LogP contribution is -2.12. The first kappa shape index (κ1) is 13.2. The van der Waals surface area contributed by atoms with Gasteiger partial charge < -0.3 is 15.0 Å². The maximum Gasteiger partial charge on any atom is 0.257 e. The van der Waals surface area contributed by atoms with Crippen LogP contribution >= 0.6 is 0 Å². The number of aromatic amines is 1. The van der Waals surface area contributed by atoms with Crippen LogP contribution in [0, 0.1) is 5.82 Å². The van der Waals surface area contributed by atoms with E-state index in [1.807, 2.05) is 12.1 Å². The van der Waals surface area contributed by atoms with Crippen molar-refractivity contribution in [1.29, 1.82) is 0 Å². The van der Waals surface area contributed by atoms with Gasteiger partial charge in [-0.1, -0.05) is 12.1 Å². The van der Waals surface area contributed by atoms with Gasteiger partial charge in [-0.05, 0) is 24.3 Å². The molecule has 0 radical (unpaired) electrons. The molecule has 5 heteroatoms. The second-order valence-corrected chi connectivity index (χ2v) is 4.55. The number of fused-ring (bicyclic) bond motifs is 1. The van der Waals surface area contributed by atoms with Crippen LogP contribution < -0.4 is 10.1 Å². The zero-order chi connectivity index (χ0) is 14.8. The van der Waals surface area contributed by atoms with Gasteiger partial charge in [0.1, 0.15) is 0 Å². The summed E-state index contributed by atoms with van der Waals surface area (Å²) in [4.78, 5) is 15.3. The normalized spacial score (nSPS) is 10.6. The van der Waals surface area contributed by atoms with Crippen molar-refractivity contribution in [3.63, 3.8) is 0 Å². The van der Waals surface area contributed by atoms with Gasteiger partial charge in [0.05, 0.1) is 18.2 Å². The monoisotopic (exact) mass is 284 g/mol. The molecular weight excluding hydrogens is 271 g/mol. The first-order valence-electron chi connectivity index (χ1n) is 6.40. The summed E-state index contributed by atoms with van der Waals surface area (Å²) in [5, 5.41) is 3.63. The predicted octanol–water partition coefficient (Wildman–Crippen LogP) is 3.57. The number of hydrogen-bond donors (Lipinski definition) is 2. The molecule has 0 unspecified atom stereocenters. The zero-order valence-corrected chi connectivity index (χ0v) is 11.3. The molecule has 2 aromatic carbocycles. The summed E-state index contributed by atoms with van der Waals surface area (Å²) < 4.78 is 18.5. The van der Waals surface area contributed by atoms with Crippen molar-refractivity contribution in [2.24, 2.45) is 0 Å². The van der Waals surface area contributed by atoms with Crippen molar-refractivity contribution in [1.82, 2.24) is 4.98 Å². The highest BCUT2D eigenvalue weighted by Gasteiger charge is 2.12. The maximum atomic E-state index is 13.6. The summed E-state index contributed by atoms with van der Waals surface area (Å²) in [5.41, 5.74) is 1.64. The number of halogens is 1. The van der Waals surface area contributed by atoms with E-state index in [0.29, 0.717) is 11.3 Å². The van der Waals surface area contributed by atoms with Crippen LogP contribution in [-0.2, 0) is 0 Å². The van der Waals surface area contributed by atoms with E-state index in [2.05, 4.69) is 10.3 Å². The molecule has 2 N–H and O–H groups in total. The van der Waals surface area contributed by atoms with Gasteiger partial charge in [-0.25, -0.2) is 4.39 Å². The van der Waals surface area contributed by atoms with E-state index in [9.17, 15) is 9.18 Å². The molecule has 0 spiro atoms. The molecule has 0 saturated heterocycles. The van der Waals surface area contributed by atoms with Crippen LogP contribution in [0.15, 0.2) is 48.7 Å². The quantitative estimate of drug-likeness (QED) is 0.772. The number of anilines is 1. The SMILES string of the molecule is COc1ccc(NC(=O)c2cccc3cc[nH]c23)cc1F. The summed E-state index contributed by atoms with van der Waals surface area (Å²) in [6, 6.07) is 11.6. The van der Waals surface area contributed by atoms with Crippen molar-refractivity contribution in [3.05, 3.63) is 60.0 Å². The van der Waals surface area contributed by atoms with Gasteiger partial charge in [0.2, 0.25) is 0 Å². The summed E-state index contributed by atoms with van der Waals surface area (Å²) in [6.07, 6.45) is 1.77. The lowest BCUT2D eigenvalue weighted by Gasteiger charge is -2.08. The lowest BCUT2D eigenvalue weighted by atomic mass is 10.1. The topological polar surface area (TPSA) is 54.1 Å². The van der Waals surface area contributed by atoms with E-state index >= 15 is 0 Å². The third-order valence-electron chi connectivity index (χ3n) is 3.24. The highest BCUT2D eigenvalue weighted by atomic mass is 19.1. The van der Waals surface area contributed by atoms with Crippen molar-refractivity contribution >= 4 is 22.5 Å². The standard InChI is InChI=1S/C16H13FN2O2/c1-21-14-6-5-11(9-13(14)17)19-16(20)12-4-2-3-10-7-8-18-15(10)12/h2-9,18H,1H3,(H,19,20). The van der Waals surface area contributed by atoms with Crippen molar-refractivity contribution < 1.29 is 13.9 Å². The summed E-state index contributed by atoms with van der Waals surface area (Å²) in [6.45, 7) is 0. The Morgan fingerprint density at radius 3 is 2.86 bits per heavy atom. The lowest BCUT2D eigenvalue weighted by molar-refractivity contribution is 0.102. The molecule has 0 aliphatic rings. The van der Waals surface area contributed by atoms with Gasteiger partial charge in [0, 0.05) is 23.3 Å². The van der Waals surface area contributed by atoms with E-state index in [-0.39, 0.29) is 11.7 Å². The van der Waals surface area contributed by atoms with Crippen molar-refractivity contribution in [2.45, 2.75) is 0 Å². The van der Waals surface area contributed by atoms with Crippen LogP contribution in [0.2, 0.25) is 0 Å². The molecule has 3 aromatic rings. The molecule has 0 saturated carbocycles. The molecular formula is C16H13FN2O2. The fourth-order valence-electron chi connectivity index (χ4n) is 2.22. The zero-order valence-electron chi connectivity index (χ0n) is 11.3. The van der Waals surface area contributed by atoms with E-state index in [0.717, 1.165) is 10.9 Å². The van der Waals surface area contributed by atoms with Crippen LogP contribution in [0.3, 0.4) is 0 Å². The van der Waals surface area contributed by atoms with E-state index < -0.39 is 5.82 Å². The number of benzene rings is 2. The van der Waals surface area contributed by atoms with E-state index in [1.54, 1.807) is 24.4 Å². The van der Waals surface area contributed by atoms with Crippen LogP contribution in [0.1, 0.15) is 10.4 Å². The first-order valence-corrected chi connectivity index (χ1v) is 6.40. The molecule has 4 nitrogen and oxygen atoms in total. The summed E-state index contributed by atoms with van der Waals surface area (Å²) in [7, 11) is 1.39. The fourth-order valence-corrected chi connectivity index (χ4v) is 2.22. The number of para-hydroxylation sites is 1. The van der Waals surface area contributed by atoms with Crippen LogP contribution in [0.25, 0.3) is 10.9 Å². The number of H-pyrrole nitrogens is 1. The average molecular weight is 284 g/mol. The molecule has 21 heavy (non-hydrogen) atoms. The highest BCUT2D eigenvalue weighted by molar-refractivity contribution is 6.11. The minimum absolute atomic E-state index is 0.138. The number of nitrogens with one attached hydrogen (secondary N) is 2. The van der Waals surface area contributed by atoms with E-state index in [4.69, 9.17) is 4.74 Å². The number of carbonyl (C=O) groups is 1. The number of aromatic nitrogens is 1. The Kier molecular flexibility index (Phi) is 3.31. The van der Waals surface area contributed by atoms with Gasteiger partial charge in [-0.3, -0.25) is 4.79 Å². The largest absolute Gasteiger partial charge is 0.494 e. The molecule has 0 aliphatic carbocycles. The number of methoxy groups -OCH3 is 1. The Morgan fingerprint density at radius 2 is 2.10 bits per heavy atom.